The van der Waals surface area contributed by atoms with Gasteiger partial charge in [0, 0.05) is 10.7 Å². The van der Waals surface area contributed by atoms with Crippen LogP contribution < -0.4 is 5.32 Å². The van der Waals surface area contributed by atoms with Crippen molar-refractivity contribution in [3.8, 4) is 0 Å². The van der Waals surface area contributed by atoms with E-state index in [1.165, 1.54) is 18.2 Å². The second-order valence-electron chi connectivity index (χ2n) is 3.57. The Hall–Kier alpha value is -1.94. The van der Waals surface area contributed by atoms with E-state index in [1.54, 1.807) is 18.2 Å². The van der Waals surface area contributed by atoms with E-state index in [-0.39, 0.29) is 5.56 Å². The number of nitrogens with one attached hydrogen (secondary N) is 1. The minimum Gasteiger partial charge on any atom is -0.322 e. The summed E-state index contributed by atoms with van der Waals surface area (Å²) in [6, 6.07) is 9.81. The Bertz CT molecular complexity index is 601. The van der Waals surface area contributed by atoms with Gasteiger partial charge < -0.3 is 5.32 Å². The molecule has 2 aromatic rings. The van der Waals surface area contributed by atoms with E-state index in [9.17, 15) is 13.6 Å². The van der Waals surface area contributed by atoms with Gasteiger partial charge in [-0.3, -0.25) is 4.79 Å². The van der Waals surface area contributed by atoms with Crippen LogP contribution in [0.4, 0.5) is 14.5 Å². The lowest BCUT2D eigenvalue weighted by Gasteiger charge is -2.06. The Morgan fingerprint density at radius 3 is 2.56 bits per heavy atom. The van der Waals surface area contributed by atoms with Crippen LogP contribution in [0.5, 0.6) is 0 Å². The van der Waals surface area contributed by atoms with E-state index in [0.29, 0.717) is 10.7 Å². The molecule has 0 aliphatic rings. The average Bonchev–Trinajstić information content (AvgIpc) is 2.32. The van der Waals surface area contributed by atoms with Gasteiger partial charge >= 0.3 is 0 Å². The Balaban J connectivity index is 2.25. The van der Waals surface area contributed by atoms with Crippen molar-refractivity contribution < 1.29 is 13.6 Å². The molecule has 0 heterocycles. The van der Waals surface area contributed by atoms with Crippen molar-refractivity contribution in [1.82, 2.24) is 0 Å². The normalized spacial score (nSPS) is 10.2. The highest BCUT2D eigenvalue weighted by atomic mass is 35.5. The third-order valence-electron chi connectivity index (χ3n) is 2.28. The number of benzene rings is 2. The molecule has 2 rings (SSSR count). The molecule has 92 valence electrons. The van der Waals surface area contributed by atoms with Crippen LogP contribution in [0, 0.1) is 11.6 Å². The summed E-state index contributed by atoms with van der Waals surface area (Å²) in [4.78, 5) is 11.7. The summed E-state index contributed by atoms with van der Waals surface area (Å²) < 4.78 is 26.3. The van der Waals surface area contributed by atoms with Gasteiger partial charge in [0.1, 0.15) is 0 Å². The lowest BCUT2D eigenvalue weighted by atomic mass is 10.2. The Morgan fingerprint density at radius 2 is 1.83 bits per heavy atom. The summed E-state index contributed by atoms with van der Waals surface area (Å²) in [5, 5.41) is 2.87. The number of carbonyl (C=O) groups is 1. The molecule has 0 radical (unpaired) electrons. The molecule has 0 spiro atoms. The van der Waals surface area contributed by atoms with E-state index in [4.69, 9.17) is 11.6 Å². The van der Waals surface area contributed by atoms with E-state index in [1.807, 2.05) is 0 Å². The molecule has 0 aromatic heterocycles. The number of carbonyl (C=O) groups excluding carboxylic acids is 1. The summed E-state index contributed by atoms with van der Waals surface area (Å²) in [5.41, 5.74) is 0.0612. The first kappa shape index (κ1) is 12.5. The SMILES string of the molecule is O=C(Nc1cccc(Cl)c1)c1cccc(F)c1F. The maximum Gasteiger partial charge on any atom is 0.258 e. The molecule has 0 aliphatic heterocycles. The third-order valence-corrected chi connectivity index (χ3v) is 2.51. The van der Waals surface area contributed by atoms with Crippen molar-refractivity contribution in [2.24, 2.45) is 0 Å². The molecule has 0 unspecified atom stereocenters. The molecular weight excluding hydrogens is 260 g/mol. The first-order valence-corrected chi connectivity index (χ1v) is 5.46. The highest BCUT2D eigenvalue weighted by Gasteiger charge is 2.14. The minimum atomic E-state index is -1.17. The maximum atomic E-state index is 13.4. The molecule has 5 heteroatoms. The second-order valence-corrected chi connectivity index (χ2v) is 4.00. The number of hydrogen-bond donors (Lipinski definition) is 1. The Morgan fingerprint density at radius 1 is 1.11 bits per heavy atom. The van der Waals surface area contributed by atoms with E-state index in [0.717, 1.165) is 6.07 Å². The fourth-order valence-corrected chi connectivity index (χ4v) is 1.63. The summed E-state index contributed by atoms with van der Waals surface area (Å²) in [6.07, 6.45) is 0. The largest absolute Gasteiger partial charge is 0.322 e. The quantitative estimate of drug-likeness (QED) is 0.879. The molecule has 0 atom stereocenters. The molecule has 18 heavy (non-hydrogen) atoms. The van der Waals surface area contributed by atoms with Gasteiger partial charge in [0.2, 0.25) is 0 Å². The summed E-state index contributed by atoms with van der Waals surface area (Å²) in [6.45, 7) is 0. The van der Waals surface area contributed by atoms with Crippen LogP contribution in [0.2, 0.25) is 5.02 Å². The molecule has 0 fully saturated rings. The van der Waals surface area contributed by atoms with Crippen molar-refractivity contribution in [2.45, 2.75) is 0 Å². The van der Waals surface area contributed by atoms with Crippen molar-refractivity contribution in [3.05, 3.63) is 64.7 Å². The highest BCUT2D eigenvalue weighted by Crippen LogP contribution is 2.17. The summed E-state index contributed by atoms with van der Waals surface area (Å²) >= 11 is 5.75. The fourth-order valence-electron chi connectivity index (χ4n) is 1.44. The van der Waals surface area contributed by atoms with Gasteiger partial charge in [-0.1, -0.05) is 23.7 Å². The van der Waals surface area contributed by atoms with Gasteiger partial charge in [0.25, 0.3) is 5.91 Å². The zero-order chi connectivity index (χ0) is 13.1. The lowest BCUT2D eigenvalue weighted by molar-refractivity contribution is 0.102. The van der Waals surface area contributed by atoms with E-state index in [2.05, 4.69) is 5.32 Å². The molecule has 2 aromatic carbocycles. The van der Waals surface area contributed by atoms with Crippen LogP contribution in [0.25, 0.3) is 0 Å². The van der Waals surface area contributed by atoms with E-state index >= 15 is 0 Å². The van der Waals surface area contributed by atoms with Gasteiger partial charge in [-0.25, -0.2) is 8.78 Å². The van der Waals surface area contributed by atoms with Crippen molar-refractivity contribution >= 4 is 23.2 Å². The highest BCUT2D eigenvalue weighted by molar-refractivity contribution is 6.30. The van der Waals surface area contributed by atoms with Crippen LogP contribution in [-0.2, 0) is 0 Å². The van der Waals surface area contributed by atoms with Crippen molar-refractivity contribution in [2.75, 3.05) is 5.32 Å². The van der Waals surface area contributed by atoms with Gasteiger partial charge in [0.15, 0.2) is 11.6 Å². The Labute approximate surface area is 107 Å². The van der Waals surface area contributed by atoms with Gasteiger partial charge in [-0.2, -0.15) is 0 Å². The second kappa shape index (κ2) is 5.14. The topological polar surface area (TPSA) is 29.1 Å². The molecule has 0 bridgehead atoms. The molecule has 2 nitrogen and oxygen atoms in total. The predicted octanol–water partition coefficient (Wildman–Crippen LogP) is 3.87. The molecule has 0 aliphatic carbocycles. The van der Waals surface area contributed by atoms with Gasteiger partial charge in [-0.05, 0) is 30.3 Å². The van der Waals surface area contributed by atoms with Crippen molar-refractivity contribution in [3.63, 3.8) is 0 Å². The first-order chi connectivity index (χ1) is 8.58. The number of hydrogen-bond acceptors (Lipinski definition) is 1. The third kappa shape index (κ3) is 2.65. The number of rotatable bonds is 2. The standard InChI is InChI=1S/C13H8ClF2NO/c14-8-3-1-4-9(7-8)17-13(18)10-5-2-6-11(15)12(10)16/h1-7H,(H,17,18). The number of amides is 1. The predicted molar refractivity (Wildman–Crippen MR) is 65.8 cm³/mol. The van der Waals surface area contributed by atoms with Crippen LogP contribution in [0.3, 0.4) is 0 Å². The first-order valence-electron chi connectivity index (χ1n) is 5.09. The molecule has 0 saturated carbocycles. The monoisotopic (exact) mass is 267 g/mol. The summed E-state index contributed by atoms with van der Waals surface area (Å²) in [7, 11) is 0. The van der Waals surface area contributed by atoms with Gasteiger partial charge in [-0.15, -0.1) is 0 Å². The number of halogens is 3. The number of anilines is 1. The Kier molecular flexibility index (Phi) is 3.58. The van der Waals surface area contributed by atoms with Crippen LogP contribution in [0.1, 0.15) is 10.4 Å². The zero-order valence-corrected chi connectivity index (χ0v) is 9.84. The lowest BCUT2D eigenvalue weighted by Crippen LogP contribution is -2.14. The van der Waals surface area contributed by atoms with Crippen LogP contribution >= 0.6 is 11.6 Å². The van der Waals surface area contributed by atoms with Crippen LogP contribution in [0.15, 0.2) is 42.5 Å². The van der Waals surface area contributed by atoms with Gasteiger partial charge in [0.05, 0.1) is 5.56 Å². The van der Waals surface area contributed by atoms with Crippen molar-refractivity contribution in [1.29, 1.82) is 0 Å². The average molecular weight is 268 g/mol. The zero-order valence-electron chi connectivity index (χ0n) is 9.08. The maximum absolute atomic E-state index is 13.4. The smallest absolute Gasteiger partial charge is 0.258 e. The van der Waals surface area contributed by atoms with E-state index < -0.39 is 17.5 Å². The molecule has 0 saturated heterocycles. The molecule has 1 amide bonds. The summed E-state index contributed by atoms with van der Waals surface area (Å²) in [5.74, 6) is -2.96. The molecular formula is C13H8ClF2NO. The fraction of sp³-hybridized carbons (Fsp3) is 0. The van der Waals surface area contributed by atoms with Crippen LogP contribution in [-0.4, -0.2) is 5.91 Å². The molecule has 1 N–H and O–H groups in total. The minimum absolute atomic E-state index is 0.352.